The maximum atomic E-state index is 15.0. The van der Waals surface area contributed by atoms with Crippen LogP contribution in [-0.2, 0) is 14.3 Å². The Kier molecular flexibility index (Phi) is 6.65. The lowest BCUT2D eigenvalue weighted by Crippen LogP contribution is -2.72. The molecule has 3 amide bonds. The Morgan fingerprint density at radius 1 is 1.13 bits per heavy atom. The molecular formula is C19H30F3N3O5. The van der Waals surface area contributed by atoms with Gasteiger partial charge in [0.2, 0.25) is 11.8 Å². The Hall–Kier alpha value is -2.04. The van der Waals surface area contributed by atoms with E-state index in [2.05, 4.69) is 10.6 Å². The van der Waals surface area contributed by atoms with Gasteiger partial charge in [-0.1, -0.05) is 12.8 Å². The number of amides is 3. The number of nitrogens with one attached hydrogen (secondary N) is 2. The number of halogens is 3. The van der Waals surface area contributed by atoms with Crippen molar-refractivity contribution in [3.63, 3.8) is 0 Å². The number of primary amides is 1. The summed E-state index contributed by atoms with van der Waals surface area (Å²) in [6.07, 6.45) is -3.81. The minimum Gasteiger partial charge on any atom is -0.444 e. The number of alkyl carbamates (subject to hydrolysis) is 1. The van der Waals surface area contributed by atoms with Gasteiger partial charge < -0.3 is 26.2 Å². The average Bonchev–Trinajstić information content (AvgIpc) is 2.95. The number of hydrogen-bond donors (Lipinski definition) is 4. The van der Waals surface area contributed by atoms with Gasteiger partial charge in [0, 0.05) is 19.3 Å². The molecular weight excluding hydrogens is 407 g/mol. The van der Waals surface area contributed by atoms with Crippen LogP contribution in [0, 0.1) is 0 Å². The molecule has 1 unspecified atom stereocenters. The molecule has 0 heterocycles. The topological polar surface area (TPSA) is 131 Å². The fourth-order valence-electron chi connectivity index (χ4n) is 4.06. The van der Waals surface area contributed by atoms with E-state index in [1.807, 2.05) is 0 Å². The zero-order chi connectivity index (χ0) is 23.0. The third kappa shape index (κ3) is 5.99. The number of carbonyl (C=O) groups excluding carboxylic acids is 3. The van der Waals surface area contributed by atoms with E-state index in [9.17, 15) is 28.3 Å². The zero-order valence-electron chi connectivity index (χ0n) is 17.4. The highest BCUT2D eigenvalue weighted by atomic mass is 19.3. The number of hydrogen-bond acceptors (Lipinski definition) is 5. The molecule has 0 aromatic heterocycles. The Labute approximate surface area is 173 Å². The predicted octanol–water partition coefficient (Wildman–Crippen LogP) is 1.68. The highest BCUT2D eigenvalue weighted by molar-refractivity contribution is 5.88. The predicted molar refractivity (Wildman–Crippen MR) is 100 cm³/mol. The van der Waals surface area contributed by atoms with Crippen LogP contribution >= 0.6 is 0 Å². The summed E-state index contributed by atoms with van der Waals surface area (Å²) >= 11 is 0. The van der Waals surface area contributed by atoms with E-state index in [4.69, 9.17) is 10.5 Å². The fourth-order valence-corrected chi connectivity index (χ4v) is 4.06. The molecule has 0 aromatic carbocycles. The molecule has 0 radical (unpaired) electrons. The molecule has 2 fully saturated rings. The minimum absolute atomic E-state index is 0.194. The summed E-state index contributed by atoms with van der Waals surface area (Å²) in [5.74, 6) is -5.48. The van der Waals surface area contributed by atoms with Gasteiger partial charge in [0.1, 0.15) is 17.3 Å². The molecule has 11 heteroatoms. The number of ether oxygens (including phenoxy) is 1. The van der Waals surface area contributed by atoms with Crippen LogP contribution in [0.4, 0.5) is 18.0 Å². The van der Waals surface area contributed by atoms with Crippen molar-refractivity contribution < 1.29 is 37.4 Å². The van der Waals surface area contributed by atoms with E-state index in [1.165, 1.54) is 0 Å². The molecule has 5 N–H and O–H groups in total. The van der Waals surface area contributed by atoms with Gasteiger partial charge in [-0.3, -0.25) is 9.59 Å². The van der Waals surface area contributed by atoms with Crippen molar-refractivity contribution in [1.82, 2.24) is 10.6 Å². The highest BCUT2D eigenvalue weighted by Gasteiger charge is 2.62. The number of alkyl halides is 3. The first-order valence-electron chi connectivity index (χ1n) is 9.92. The van der Waals surface area contributed by atoms with Crippen LogP contribution in [-0.4, -0.2) is 57.9 Å². The van der Waals surface area contributed by atoms with Crippen molar-refractivity contribution in [2.45, 2.75) is 101 Å². The lowest BCUT2D eigenvalue weighted by atomic mass is 9.69. The van der Waals surface area contributed by atoms with Gasteiger partial charge in [0.25, 0.3) is 5.92 Å². The molecule has 0 spiro atoms. The second kappa shape index (κ2) is 8.24. The Bertz CT molecular complexity index is 681. The molecule has 0 saturated heterocycles. The third-order valence-electron chi connectivity index (χ3n) is 5.39. The number of nitrogens with two attached hydrogens (primary N) is 1. The summed E-state index contributed by atoms with van der Waals surface area (Å²) in [6, 6.07) is -1.45. The van der Waals surface area contributed by atoms with E-state index >= 15 is 4.39 Å². The highest BCUT2D eigenvalue weighted by Crippen LogP contribution is 2.47. The van der Waals surface area contributed by atoms with Gasteiger partial charge in [-0.05, 0) is 33.6 Å². The van der Waals surface area contributed by atoms with Gasteiger partial charge in [-0.25, -0.2) is 18.0 Å². The maximum Gasteiger partial charge on any atom is 0.408 e. The summed E-state index contributed by atoms with van der Waals surface area (Å²) in [5.41, 5.74) is 0.458. The van der Waals surface area contributed by atoms with Gasteiger partial charge in [0.15, 0.2) is 6.10 Å². The van der Waals surface area contributed by atoms with Crippen LogP contribution in [0.3, 0.4) is 0 Å². The van der Waals surface area contributed by atoms with Crippen LogP contribution in [0.25, 0.3) is 0 Å². The zero-order valence-corrected chi connectivity index (χ0v) is 17.4. The second-order valence-corrected chi connectivity index (χ2v) is 9.42. The first-order valence-corrected chi connectivity index (χ1v) is 9.92. The molecule has 172 valence electrons. The van der Waals surface area contributed by atoms with Crippen molar-refractivity contribution >= 4 is 17.9 Å². The Balaban J connectivity index is 2.19. The Morgan fingerprint density at radius 3 is 2.10 bits per heavy atom. The largest absolute Gasteiger partial charge is 0.444 e. The normalized spacial score (nSPS) is 23.6. The molecule has 30 heavy (non-hydrogen) atoms. The number of rotatable bonds is 7. The molecule has 0 aliphatic heterocycles. The summed E-state index contributed by atoms with van der Waals surface area (Å²) in [5, 5.41) is 14.5. The summed E-state index contributed by atoms with van der Waals surface area (Å²) in [6.45, 7) is 4.80. The number of aliphatic hydroxyl groups is 1. The minimum atomic E-state index is -3.20. The molecule has 2 rings (SSSR count). The van der Waals surface area contributed by atoms with Crippen LogP contribution in [0.5, 0.6) is 0 Å². The monoisotopic (exact) mass is 437 g/mol. The molecule has 2 atom stereocenters. The standard InChI is InChI=1S/C19H30F3N3O5/c1-16(2,3)30-15(29)24-11(8-17(20)6-4-5-7-17)14(28)25-18(12(26)13(23)27)9-19(21,22)10-18/h11-12,26H,4-10H2,1-3H3,(H2,23,27)(H,24,29)(H,25,28)/t11-,12?/m0/s1. The number of aliphatic hydroxyl groups excluding tert-OH is 1. The van der Waals surface area contributed by atoms with Crippen LogP contribution in [0.15, 0.2) is 0 Å². The van der Waals surface area contributed by atoms with Gasteiger partial charge in [0.05, 0.1) is 5.54 Å². The van der Waals surface area contributed by atoms with Gasteiger partial charge in [-0.15, -0.1) is 0 Å². The van der Waals surface area contributed by atoms with Crippen molar-refractivity contribution in [3.8, 4) is 0 Å². The molecule has 0 aromatic rings. The van der Waals surface area contributed by atoms with Crippen molar-refractivity contribution in [1.29, 1.82) is 0 Å². The van der Waals surface area contributed by atoms with E-state index in [0.717, 1.165) is 0 Å². The summed E-state index contributed by atoms with van der Waals surface area (Å²) < 4.78 is 47.2. The van der Waals surface area contributed by atoms with Crippen molar-refractivity contribution in [2.75, 3.05) is 0 Å². The lowest BCUT2D eigenvalue weighted by molar-refractivity contribution is -0.178. The molecule has 2 saturated carbocycles. The second-order valence-electron chi connectivity index (χ2n) is 9.42. The van der Waals surface area contributed by atoms with Crippen molar-refractivity contribution in [2.24, 2.45) is 5.73 Å². The van der Waals surface area contributed by atoms with E-state index in [0.29, 0.717) is 12.8 Å². The van der Waals surface area contributed by atoms with E-state index < -0.39 is 72.0 Å². The van der Waals surface area contributed by atoms with Crippen molar-refractivity contribution in [3.05, 3.63) is 0 Å². The SMILES string of the molecule is CC(C)(C)OC(=O)N[C@@H](CC1(F)CCCC1)C(=O)NC1(C(O)C(N)=O)CC(F)(F)C1. The quantitative estimate of drug-likeness (QED) is 0.481. The fraction of sp³-hybridized carbons (Fsp3) is 0.842. The van der Waals surface area contributed by atoms with Crippen LogP contribution in [0.2, 0.25) is 0 Å². The maximum absolute atomic E-state index is 15.0. The van der Waals surface area contributed by atoms with Crippen LogP contribution in [0.1, 0.15) is 65.7 Å². The summed E-state index contributed by atoms with van der Waals surface area (Å²) in [4.78, 5) is 36.4. The first kappa shape index (κ1) is 24.2. The summed E-state index contributed by atoms with van der Waals surface area (Å²) in [7, 11) is 0. The van der Waals surface area contributed by atoms with Crippen LogP contribution < -0.4 is 16.4 Å². The third-order valence-corrected chi connectivity index (χ3v) is 5.39. The van der Waals surface area contributed by atoms with Gasteiger partial charge in [-0.2, -0.15) is 0 Å². The van der Waals surface area contributed by atoms with Gasteiger partial charge >= 0.3 is 6.09 Å². The Morgan fingerprint density at radius 2 is 1.67 bits per heavy atom. The average molecular weight is 437 g/mol. The number of carbonyl (C=O) groups is 3. The molecule has 2 aliphatic rings. The smallest absolute Gasteiger partial charge is 0.408 e. The van der Waals surface area contributed by atoms with E-state index in [-0.39, 0.29) is 12.8 Å². The molecule has 8 nitrogen and oxygen atoms in total. The van der Waals surface area contributed by atoms with E-state index in [1.54, 1.807) is 20.8 Å². The lowest BCUT2D eigenvalue weighted by Gasteiger charge is -2.49. The first-order chi connectivity index (χ1) is 13.6. The molecule has 0 bridgehead atoms. The molecule has 2 aliphatic carbocycles.